The topological polar surface area (TPSA) is 0 Å². The molecule has 3 atom stereocenters. The molecule has 37 heavy (non-hydrogen) atoms. The Hall–Kier alpha value is 0.532. The molecule has 0 radical (unpaired) electrons. The first-order valence-electron chi connectivity index (χ1n) is 16.9. The van der Waals surface area contributed by atoms with Crippen LogP contribution >= 0.6 is 0 Å². The molecule has 0 saturated heterocycles. The van der Waals surface area contributed by atoms with Crippen molar-refractivity contribution in [1.82, 2.24) is 0 Å². The standard InChI is InChI=1S/3C12H25.Al/c3*1-4-6-8-9-11-12(3)10-7-5-2;/h3*12H,3-11H2,1-2H3;/q3*-1;+3. The van der Waals surface area contributed by atoms with Crippen molar-refractivity contribution in [2.75, 3.05) is 0 Å². The first kappa shape index (κ1) is 44.5. The van der Waals surface area contributed by atoms with Gasteiger partial charge in [-0.15, -0.1) is 0 Å². The van der Waals surface area contributed by atoms with Gasteiger partial charge in [-0.25, -0.2) is 0 Å². The Morgan fingerprint density at radius 1 is 0.297 bits per heavy atom. The molecule has 3 unspecified atom stereocenters. The van der Waals surface area contributed by atoms with Crippen LogP contribution in [0, 0.1) is 38.5 Å². The van der Waals surface area contributed by atoms with Gasteiger partial charge in [0.25, 0.3) is 0 Å². The van der Waals surface area contributed by atoms with E-state index in [1.54, 1.807) is 0 Å². The van der Waals surface area contributed by atoms with E-state index < -0.39 is 0 Å². The fourth-order valence-corrected chi connectivity index (χ4v) is 4.49. The van der Waals surface area contributed by atoms with Gasteiger partial charge in [0.05, 0.1) is 0 Å². The van der Waals surface area contributed by atoms with Crippen molar-refractivity contribution < 1.29 is 0 Å². The molecule has 0 spiro atoms. The molecule has 0 aromatic rings. The fraction of sp³-hybridized carbons (Fsp3) is 0.917. The van der Waals surface area contributed by atoms with E-state index in [0.717, 1.165) is 17.8 Å². The van der Waals surface area contributed by atoms with Crippen LogP contribution in [0.15, 0.2) is 0 Å². The molecule has 0 aliphatic heterocycles. The predicted octanol–water partition coefficient (Wildman–Crippen LogP) is 13.4. The van der Waals surface area contributed by atoms with Crippen LogP contribution in [0.5, 0.6) is 0 Å². The molecule has 0 fully saturated rings. The van der Waals surface area contributed by atoms with Crippen LogP contribution in [0.4, 0.5) is 0 Å². The molecular weight excluding hydrogens is 459 g/mol. The Labute approximate surface area is 250 Å². The predicted molar refractivity (Wildman–Crippen MR) is 177 cm³/mol. The first-order valence-corrected chi connectivity index (χ1v) is 16.9. The van der Waals surface area contributed by atoms with E-state index in [9.17, 15) is 0 Å². The van der Waals surface area contributed by atoms with Crippen molar-refractivity contribution in [3.63, 3.8) is 0 Å². The van der Waals surface area contributed by atoms with Gasteiger partial charge in [-0.2, -0.15) is 17.8 Å². The summed E-state index contributed by atoms with van der Waals surface area (Å²) in [5.41, 5.74) is 0. The second-order valence-electron chi connectivity index (χ2n) is 11.6. The van der Waals surface area contributed by atoms with E-state index in [0.29, 0.717) is 0 Å². The average molecular weight is 535 g/mol. The minimum atomic E-state index is 0. The van der Waals surface area contributed by atoms with E-state index in [-0.39, 0.29) is 17.4 Å². The zero-order valence-corrected chi connectivity index (χ0v) is 28.6. The molecule has 222 valence electrons. The summed E-state index contributed by atoms with van der Waals surface area (Å²) in [5.74, 6) is 2.17. The van der Waals surface area contributed by atoms with Gasteiger partial charge >= 0.3 is 17.4 Å². The maximum atomic E-state index is 4.17. The van der Waals surface area contributed by atoms with Crippen LogP contribution < -0.4 is 0 Å². The van der Waals surface area contributed by atoms with Gasteiger partial charge in [0.15, 0.2) is 0 Å². The van der Waals surface area contributed by atoms with Crippen molar-refractivity contribution in [2.45, 2.75) is 196 Å². The van der Waals surface area contributed by atoms with Crippen LogP contribution in [0.2, 0.25) is 0 Å². The Morgan fingerprint density at radius 3 is 0.676 bits per heavy atom. The fourth-order valence-electron chi connectivity index (χ4n) is 4.49. The molecular formula is C36H75Al. The summed E-state index contributed by atoms with van der Waals surface area (Å²) >= 11 is 0. The number of hydrogen-bond donors (Lipinski definition) is 0. The molecule has 0 aliphatic rings. The smallest absolute Gasteiger partial charge is 0.340 e. The minimum Gasteiger partial charge on any atom is -0.340 e. The summed E-state index contributed by atoms with van der Waals surface area (Å²) in [4.78, 5) is 0. The molecule has 0 heterocycles. The quantitative estimate of drug-likeness (QED) is 0.0656. The summed E-state index contributed by atoms with van der Waals surface area (Å²) in [7, 11) is 0. The molecule has 0 rings (SSSR count). The van der Waals surface area contributed by atoms with Crippen molar-refractivity contribution >= 4 is 17.4 Å². The van der Waals surface area contributed by atoms with Crippen LogP contribution in [0.1, 0.15) is 196 Å². The monoisotopic (exact) mass is 535 g/mol. The Morgan fingerprint density at radius 2 is 0.486 bits per heavy atom. The maximum absolute atomic E-state index is 4.17. The molecule has 0 saturated carbocycles. The van der Waals surface area contributed by atoms with Crippen LogP contribution in [-0.4, -0.2) is 17.4 Å². The molecule has 0 N–H and O–H groups in total. The zero-order valence-electron chi connectivity index (χ0n) is 27.4. The van der Waals surface area contributed by atoms with Crippen molar-refractivity contribution in [3.05, 3.63) is 20.8 Å². The maximum Gasteiger partial charge on any atom is 3.00 e. The Kier molecular flexibility index (Phi) is 49.4. The van der Waals surface area contributed by atoms with Gasteiger partial charge in [-0.1, -0.05) is 196 Å². The molecule has 0 aromatic heterocycles. The molecule has 0 amide bonds. The number of unbranched alkanes of at least 4 members (excludes halogenated alkanes) is 12. The van der Waals surface area contributed by atoms with E-state index >= 15 is 0 Å². The van der Waals surface area contributed by atoms with Crippen LogP contribution in [0.25, 0.3) is 0 Å². The van der Waals surface area contributed by atoms with Gasteiger partial charge in [-0.05, 0) is 0 Å². The largest absolute Gasteiger partial charge is 3.00 e. The second kappa shape index (κ2) is 41.0. The minimum absolute atomic E-state index is 0. The molecule has 0 bridgehead atoms. The summed E-state index contributed by atoms with van der Waals surface area (Å²) < 4.78 is 0. The van der Waals surface area contributed by atoms with Gasteiger partial charge in [0, 0.05) is 0 Å². The van der Waals surface area contributed by atoms with Gasteiger partial charge in [0.1, 0.15) is 0 Å². The summed E-state index contributed by atoms with van der Waals surface area (Å²) in [5, 5.41) is 0. The van der Waals surface area contributed by atoms with E-state index in [1.807, 2.05) is 0 Å². The number of hydrogen-bond acceptors (Lipinski definition) is 0. The molecule has 1 heteroatoms. The third kappa shape index (κ3) is 46.7. The average Bonchev–Trinajstić information content (AvgIpc) is 2.88. The first-order chi connectivity index (χ1) is 17.4. The van der Waals surface area contributed by atoms with Crippen LogP contribution in [-0.2, 0) is 0 Å². The van der Waals surface area contributed by atoms with Crippen LogP contribution in [0.3, 0.4) is 0 Å². The van der Waals surface area contributed by atoms with Gasteiger partial charge < -0.3 is 20.8 Å². The molecule has 0 aromatic carbocycles. The molecule has 0 nitrogen and oxygen atoms in total. The molecule has 0 aliphatic carbocycles. The summed E-state index contributed by atoms with van der Waals surface area (Å²) in [6, 6.07) is 0. The Balaban J connectivity index is -0.000000218. The summed E-state index contributed by atoms with van der Waals surface area (Å²) in [6.07, 6.45) is 32.8. The second-order valence-corrected chi connectivity index (χ2v) is 11.6. The van der Waals surface area contributed by atoms with E-state index in [4.69, 9.17) is 0 Å². The summed E-state index contributed by atoms with van der Waals surface area (Å²) in [6.45, 7) is 26.1. The third-order valence-electron chi connectivity index (χ3n) is 7.30. The van der Waals surface area contributed by atoms with Crippen molar-refractivity contribution in [3.8, 4) is 0 Å². The third-order valence-corrected chi connectivity index (χ3v) is 7.30. The van der Waals surface area contributed by atoms with E-state index in [2.05, 4.69) is 62.3 Å². The van der Waals surface area contributed by atoms with E-state index in [1.165, 1.54) is 154 Å². The SMILES string of the molecule is [Al+3].[CH2-]C(CCCC)CCCCCC.[CH2-]C(CCCC)CCCCCC.[CH2-]C(CCCC)CCCCCC. The zero-order chi connectivity index (χ0) is 27.7. The normalized spacial score (nSPS) is 12.9. The Bertz CT molecular complexity index is 287. The van der Waals surface area contributed by atoms with Crippen molar-refractivity contribution in [2.24, 2.45) is 17.8 Å². The van der Waals surface area contributed by atoms with Crippen molar-refractivity contribution in [1.29, 1.82) is 0 Å². The van der Waals surface area contributed by atoms with Gasteiger partial charge in [0.2, 0.25) is 0 Å². The van der Waals surface area contributed by atoms with Gasteiger partial charge in [-0.3, -0.25) is 0 Å². The number of rotatable bonds is 24.